The summed E-state index contributed by atoms with van der Waals surface area (Å²) in [5.41, 5.74) is 1.06. The highest BCUT2D eigenvalue weighted by atomic mass is 79.9. The van der Waals surface area contributed by atoms with Crippen molar-refractivity contribution in [1.29, 1.82) is 0 Å². The molecule has 0 fully saturated rings. The molecule has 0 radical (unpaired) electrons. The Bertz CT molecular complexity index is 1360. The van der Waals surface area contributed by atoms with Gasteiger partial charge in [-0.3, -0.25) is 4.79 Å². The highest BCUT2D eigenvalue weighted by Crippen LogP contribution is 2.37. The molecular formula is C22H15BrClN3O3S. The Balaban J connectivity index is 1.92. The first-order valence-electron chi connectivity index (χ1n) is 9.08. The Kier molecular flexibility index (Phi) is 6.04. The third kappa shape index (κ3) is 4.32. The Morgan fingerprint density at radius 2 is 1.90 bits per heavy atom. The van der Waals surface area contributed by atoms with Crippen LogP contribution in [0.25, 0.3) is 10.9 Å². The predicted molar refractivity (Wildman–Crippen MR) is 126 cm³/mol. The molecule has 0 aliphatic rings. The molecule has 1 N–H and O–H groups in total. The number of halogens is 2. The van der Waals surface area contributed by atoms with Crippen molar-refractivity contribution in [2.45, 2.75) is 16.7 Å². The largest absolute Gasteiger partial charge is 0.463 e. The third-order valence-corrected chi connectivity index (χ3v) is 6.37. The molecule has 0 bridgehead atoms. The molecule has 9 heteroatoms. The molecule has 3 aromatic carbocycles. The second-order valence-electron chi connectivity index (χ2n) is 6.66. The number of rotatable bonds is 4. The van der Waals surface area contributed by atoms with Gasteiger partial charge in [-0.05, 0) is 70.9 Å². The van der Waals surface area contributed by atoms with E-state index in [0.717, 1.165) is 20.1 Å². The number of aromatic nitrogens is 2. The molecule has 0 aliphatic carbocycles. The van der Waals surface area contributed by atoms with E-state index in [1.807, 2.05) is 43.3 Å². The second-order valence-corrected chi connectivity index (χ2v) is 9.06. The number of carbonyl (C=O) groups is 1. The van der Waals surface area contributed by atoms with E-state index in [2.05, 4.69) is 20.9 Å². The molecular weight excluding hydrogens is 502 g/mol. The zero-order valence-corrected chi connectivity index (χ0v) is 19.3. The lowest BCUT2D eigenvalue weighted by atomic mass is 10.2. The highest BCUT2D eigenvalue weighted by molar-refractivity contribution is 9.10. The van der Waals surface area contributed by atoms with E-state index in [4.69, 9.17) is 11.6 Å². The average Bonchev–Trinajstić information content (AvgIpc) is 2.73. The number of benzene rings is 3. The number of hydrogen-bond acceptors (Lipinski definition) is 4. The maximum atomic E-state index is 13.3. The number of aryl methyl sites for hydroxylation is 1. The number of nitrogens with zero attached hydrogens (tertiary/aromatic N) is 3. The Labute approximate surface area is 195 Å². The maximum absolute atomic E-state index is 13.3. The minimum absolute atomic E-state index is 0.254. The fourth-order valence-corrected chi connectivity index (χ4v) is 4.91. The molecule has 1 heterocycles. The summed E-state index contributed by atoms with van der Waals surface area (Å²) in [6, 6.07) is 18.0. The molecule has 31 heavy (non-hydrogen) atoms. The molecule has 0 saturated heterocycles. The summed E-state index contributed by atoms with van der Waals surface area (Å²) in [4.78, 5) is 31.4. The van der Waals surface area contributed by atoms with Crippen molar-refractivity contribution in [2.24, 2.45) is 0 Å². The lowest BCUT2D eigenvalue weighted by molar-refractivity contribution is 0.198. The molecule has 156 valence electrons. The van der Waals surface area contributed by atoms with E-state index >= 15 is 0 Å². The number of anilines is 1. The van der Waals surface area contributed by atoms with Gasteiger partial charge in [-0.25, -0.2) is 9.78 Å². The van der Waals surface area contributed by atoms with Gasteiger partial charge in [0.05, 0.1) is 16.6 Å². The number of amides is 1. The van der Waals surface area contributed by atoms with Crippen LogP contribution in [-0.2, 0) is 0 Å². The zero-order valence-electron chi connectivity index (χ0n) is 16.1. The first-order chi connectivity index (χ1) is 14.8. The SMILES string of the molecule is Cc1cc(Br)c2ncn(N(C(=O)O)c3cc(Cl)ccc3Sc3ccccc3)c(=O)c2c1. The van der Waals surface area contributed by atoms with E-state index in [1.165, 1.54) is 24.2 Å². The van der Waals surface area contributed by atoms with Gasteiger partial charge in [0.2, 0.25) is 0 Å². The fraction of sp³-hybridized carbons (Fsp3) is 0.0455. The normalized spacial score (nSPS) is 10.9. The van der Waals surface area contributed by atoms with Crippen LogP contribution in [-0.4, -0.2) is 20.9 Å². The molecule has 4 aromatic rings. The van der Waals surface area contributed by atoms with Crippen LogP contribution in [0, 0.1) is 6.92 Å². The summed E-state index contributed by atoms with van der Waals surface area (Å²) in [5, 5.41) is 11.6. The second kappa shape index (κ2) is 8.74. The van der Waals surface area contributed by atoms with Gasteiger partial charge in [0.15, 0.2) is 0 Å². The molecule has 0 spiro atoms. The lowest BCUT2D eigenvalue weighted by Crippen LogP contribution is -2.42. The summed E-state index contributed by atoms with van der Waals surface area (Å²) in [5.74, 6) is 0. The molecule has 1 amide bonds. The van der Waals surface area contributed by atoms with Crippen LogP contribution in [0.3, 0.4) is 0 Å². The van der Waals surface area contributed by atoms with Gasteiger partial charge in [-0.15, -0.1) is 0 Å². The number of carboxylic acid groups (broad SMARTS) is 1. The summed E-state index contributed by atoms with van der Waals surface area (Å²) >= 11 is 11.0. The Morgan fingerprint density at radius 3 is 2.61 bits per heavy atom. The van der Waals surface area contributed by atoms with Gasteiger partial charge in [0.25, 0.3) is 5.56 Å². The van der Waals surface area contributed by atoms with E-state index < -0.39 is 11.7 Å². The van der Waals surface area contributed by atoms with Crippen molar-refractivity contribution in [3.63, 3.8) is 0 Å². The number of fused-ring (bicyclic) bond motifs is 1. The van der Waals surface area contributed by atoms with Gasteiger partial charge >= 0.3 is 6.09 Å². The third-order valence-electron chi connectivity index (χ3n) is 4.46. The van der Waals surface area contributed by atoms with Crippen LogP contribution in [0.2, 0.25) is 5.02 Å². The predicted octanol–water partition coefficient (Wildman–Crippen LogP) is 6.22. The zero-order chi connectivity index (χ0) is 22.1. The summed E-state index contributed by atoms with van der Waals surface area (Å²) in [6.45, 7) is 1.85. The molecule has 0 aliphatic heterocycles. The monoisotopic (exact) mass is 515 g/mol. The molecule has 4 rings (SSSR count). The molecule has 0 atom stereocenters. The fourth-order valence-electron chi connectivity index (χ4n) is 3.13. The van der Waals surface area contributed by atoms with Crippen LogP contribution in [0.1, 0.15) is 5.56 Å². The van der Waals surface area contributed by atoms with Crippen LogP contribution in [0.5, 0.6) is 0 Å². The molecule has 6 nitrogen and oxygen atoms in total. The highest BCUT2D eigenvalue weighted by Gasteiger charge is 2.24. The van der Waals surface area contributed by atoms with Crippen molar-refractivity contribution >= 4 is 62.0 Å². The average molecular weight is 517 g/mol. The van der Waals surface area contributed by atoms with Crippen molar-refractivity contribution < 1.29 is 9.90 Å². The summed E-state index contributed by atoms with van der Waals surface area (Å²) in [6.07, 6.45) is -0.135. The molecule has 1 aromatic heterocycles. The number of hydrogen-bond donors (Lipinski definition) is 1. The smallest absolute Gasteiger partial charge is 0.431 e. The van der Waals surface area contributed by atoms with Crippen LogP contribution < -0.4 is 10.6 Å². The van der Waals surface area contributed by atoms with Crippen molar-refractivity contribution in [3.05, 3.63) is 92.4 Å². The molecule has 0 saturated carbocycles. The minimum atomic E-state index is -1.34. The van der Waals surface area contributed by atoms with E-state index in [1.54, 1.807) is 18.2 Å². The van der Waals surface area contributed by atoms with Gasteiger partial charge in [-0.2, -0.15) is 9.69 Å². The Morgan fingerprint density at radius 1 is 1.16 bits per heavy atom. The minimum Gasteiger partial charge on any atom is -0.463 e. The van der Waals surface area contributed by atoms with Crippen LogP contribution in [0.4, 0.5) is 10.5 Å². The van der Waals surface area contributed by atoms with Gasteiger partial charge in [-0.1, -0.05) is 41.6 Å². The lowest BCUT2D eigenvalue weighted by Gasteiger charge is -2.23. The quantitative estimate of drug-likeness (QED) is 0.348. The van der Waals surface area contributed by atoms with Crippen LogP contribution in [0.15, 0.2) is 86.0 Å². The first kappa shape index (κ1) is 21.4. The van der Waals surface area contributed by atoms with Crippen molar-refractivity contribution in [1.82, 2.24) is 9.66 Å². The molecule has 0 unspecified atom stereocenters. The van der Waals surface area contributed by atoms with E-state index in [-0.39, 0.29) is 5.69 Å². The summed E-state index contributed by atoms with van der Waals surface area (Å²) in [7, 11) is 0. The topological polar surface area (TPSA) is 75.4 Å². The van der Waals surface area contributed by atoms with E-state index in [9.17, 15) is 14.7 Å². The maximum Gasteiger partial charge on any atom is 0.431 e. The van der Waals surface area contributed by atoms with Crippen molar-refractivity contribution in [3.8, 4) is 0 Å². The van der Waals surface area contributed by atoms with Gasteiger partial charge in [0, 0.05) is 19.3 Å². The first-order valence-corrected chi connectivity index (χ1v) is 11.1. The Hall–Kier alpha value is -2.81. The van der Waals surface area contributed by atoms with Gasteiger partial charge in [0.1, 0.15) is 6.33 Å². The van der Waals surface area contributed by atoms with Gasteiger partial charge < -0.3 is 5.11 Å². The van der Waals surface area contributed by atoms with Crippen LogP contribution >= 0.6 is 39.3 Å². The summed E-state index contributed by atoms with van der Waals surface area (Å²) < 4.78 is 1.65. The van der Waals surface area contributed by atoms with E-state index in [0.29, 0.717) is 25.3 Å². The van der Waals surface area contributed by atoms with Crippen molar-refractivity contribution in [2.75, 3.05) is 5.01 Å². The standard InChI is InChI=1S/C22H15BrClN3O3S/c1-13-9-16-20(17(23)10-13)25-12-26(21(16)28)27(22(29)30)18-11-14(24)7-8-19(18)31-15-5-3-2-4-6-15/h2-12H,1H3,(H,29,30).